The first-order chi connectivity index (χ1) is 12.7. The van der Waals surface area contributed by atoms with E-state index in [-0.39, 0.29) is 0 Å². The molecule has 26 heavy (non-hydrogen) atoms. The molecule has 2 aromatic carbocycles. The van der Waals surface area contributed by atoms with Gasteiger partial charge in [-0.1, -0.05) is 43.3 Å². The van der Waals surface area contributed by atoms with Crippen molar-refractivity contribution in [2.45, 2.75) is 20.3 Å². The molecule has 0 saturated carbocycles. The van der Waals surface area contributed by atoms with Crippen molar-refractivity contribution in [3.8, 4) is 23.1 Å². The summed E-state index contributed by atoms with van der Waals surface area (Å²) < 4.78 is 5.45. The van der Waals surface area contributed by atoms with Gasteiger partial charge >= 0.3 is 0 Å². The summed E-state index contributed by atoms with van der Waals surface area (Å²) in [5, 5.41) is 12.3. The SMILES string of the molecule is CCOc1ccc(/C=C(/C#N)c2nc(-c3ccc(CC)cc3)cs2)cc1. The van der Waals surface area contributed by atoms with Gasteiger partial charge in [-0.05, 0) is 42.7 Å². The molecule has 1 heterocycles. The minimum absolute atomic E-state index is 0.565. The average Bonchev–Trinajstić information content (AvgIpc) is 3.17. The van der Waals surface area contributed by atoms with Gasteiger partial charge in [-0.25, -0.2) is 4.98 Å². The number of nitrogens with zero attached hydrogens (tertiary/aromatic N) is 2. The number of rotatable bonds is 6. The zero-order chi connectivity index (χ0) is 18.4. The lowest BCUT2D eigenvalue weighted by molar-refractivity contribution is 0.340. The fourth-order valence-corrected chi connectivity index (χ4v) is 3.37. The van der Waals surface area contributed by atoms with Gasteiger partial charge < -0.3 is 4.74 Å². The molecule has 0 aliphatic carbocycles. The highest BCUT2D eigenvalue weighted by Gasteiger charge is 2.09. The van der Waals surface area contributed by atoms with Gasteiger partial charge in [-0.15, -0.1) is 11.3 Å². The highest BCUT2D eigenvalue weighted by Crippen LogP contribution is 2.27. The van der Waals surface area contributed by atoms with Gasteiger partial charge in [-0.3, -0.25) is 0 Å². The predicted molar refractivity (Wildman–Crippen MR) is 108 cm³/mol. The van der Waals surface area contributed by atoms with Gasteiger partial charge in [0, 0.05) is 10.9 Å². The van der Waals surface area contributed by atoms with E-state index in [0.29, 0.717) is 12.2 Å². The molecule has 0 amide bonds. The number of thiazole rings is 1. The lowest BCUT2D eigenvalue weighted by atomic mass is 10.1. The maximum Gasteiger partial charge on any atom is 0.134 e. The van der Waals surface area contributed by atoms with Crippen LogP contribution in [0.1, 0.15) is 30.0 Å². The van der Waals surface area contributed by atoms with Crippen LogP contribution >= 0.6 is 11.3 Å². The maximum atomic E-state index is 9.55. The first-order valence-corrected chi connectivity index (χ1v) is 9.51. The number of hydrogen-bond donors (Lipinski definition) is 0. The average molecular weight is 360 g/mol. The van der Waals surface area contributed by atoms with E-state index in [1.807, 2.05) is 42.6 Å². The smallest absolute Gasteiger partial charge is 0.134 e. The highest BCUT2D eigenvalue weighted by molar-refractivity contribution is 7.11. The van der Waals surface area contributed by atoms with E-state index in [4.69, 9.17) is 4.74 Å². The summed E-state index contributed by atoms with van der Waals surface area (Å²) in [6.45, 7) is 4.73. The first-order valence-electron chi connectivity index (χ1n) is 8.63. The van der Waals surface area contributed by atoms with Crippen LogP contribution in [0, 0.1) is 11.3 Å². The quantitative estimate of drug-likeness (QED) is 0.519. The third-order valence-electron chi connectivity index (χ3n) is 4.02. The number of aryl methyl sites for hydroxylation is 1. The van der Waals surface area contributed by atoms with Crippen molar-refractivity contribution in [3.63, 3.8) is 0 Å². The van der Waals surface area contributed by atoms with E-state index in [1.165, 1.54) is 16.9 Å². The van der Waals surface area contributed by atoms with Crippen molar-refractivity contribution in [2.75, 3.05) is 6.61 Å². The molecule has 1 aromatic heterocycles. The molecule has 0 fully saturated rings. The third-order valence-corrected chi connectivity index (χ3v) is 4.89. The standard InChI is InChI=1S/C22H20N2OS/c1-3-16-5-9-18(10-6-16)21-15-26-22(24-21)19(14-23)13-17-7-11-20(12-8-17)25-4-2/h5-13,15H,3-4H2,1-2H3/b19-13-. The van der Waals surface area contributed by atoms with Crippen LogP contribution in [0.3, 0.4) is 0 Å². The van der Waals surface area contributed by atoms with E-state index in [2.05, 4.69) is 42.2 Å². The molecule has 0 saturated heterocycles. The number of hydrogen-bond acceptors (Lipinski definition) is 4. The van der Waals surface area contributed by atoms with Crippen LogP contribution in [0.25, 0.3) is 22.9 Å². The number of ether oxygens (including phenoxy) is 1. The van der Waals surface area contributed by atoms with Crippen LogP contribution in [0.5, 0.6) is 5.75 Å². The molecule has 3 nitrogen and oxygen atoms in total. The van der Waals surface area contributed by atoms with Crippen LogP contribution in [0.15, 0.2) is 53.9 Å². The van der Waals surface area contributed by atoms with E-state index in [1.54, 1.807) is 0 Å². The van der Waals surface area contributed by atoms with Gasteiger partial charge in [0.25, 0.3) is 0 Å². The lowest BCUT2D eigenvalue weighted by Gasteiger charge is -2.02. The second kappa shape index (κ2) is 8.46. The van der Waals surface area contributed by atoms with Crippen LogP contribution in [-0.4, -0.2) is 11.6 Å². The molecule has 3 aromatic rings. The molecule has 0 bridgehead atoms. The Hall–Kier alpha value is -2.90. The van der Waals surface area contributed by atoms with Crippen molar-refractivity contribution in [1.82, 2.24) is 4.98 Å². The monoisotopic (exact) mass is 360 g/mol. The molecule has 0 N–H and O–H groups in total. The molecule has 0 aliphatic rings. The Morgan fingerprint density at radius 3 is 2.46 bits per heavy atom. The summed E-state index contributed by atoms with van der Waals surface area (Å²) in [6, 6.07) is 18.4. The Kier molecular flexibility index (Phi) is 5.83. The predicted octanol–water partition coefficient (Wildman–Crippen LogP) is 5.84. The summed E-state index contributed by atoms with van der Waals surface area (Å²) in [5.41, 5.74) is 4.80. The second-order valence-corrected chi connectivity index (χ2v) is 6.62. The normalized spacial score (nSPS) is 11.2. The van der Waals surface area contributed by atoms with Crippen LogP contribution in [-0.2, 0) is 6.42 Å². The number of nitriles is 1. The summed E-state index contributed by atoms with van der Waals surface area (Å²) >= 11 is 1.49. The Morgan fingerprint density at radius 2 is 1.85 bits per heavy atom. The number of benzene rings is 2. The van der Waals surface area contributed by atoms with Gasteiger partial charge in [0.15, 0.2) is 0 Å². The maximum absolute atomic E-state index is 9.55. The molecular formula is C22H20N2OS. The van der Waals surface area contributed by atoms with Gasteiger partial charge in [0.05, 0.1) is 17.9 Å². The van der Waals surface area contributed by atoms with Crippen LogP contribution in [0.2, 0.25) is 0 Å². The highest BCUT2D eigenvalue weighted by atomic mass is 32.1. The van der Waals surface area contributed by atoms with Crippen molar-refractivity contribution in [1.29, 1.82) is 5.26 Å². The fourth-order valence-electron chi connectivity index (χ4n) is 2.58. The van der Waals surface area contributed by atoms with Crippen LogP contribution in [0.4, 0.5) is 0 Å². The Balaban J connectivity index is 1.84. The summed E-state index contributed by atoms with van der Waals surface area (Å²) in [6.07, 6.45) is 2.88. The van der Waals surface area contributed by atoms with E-state index in [9.17, 15) is 5.26 Å². The fraction of sp³-hybridized carbons (Fsp3) is 0.182. The number of allylic oxidation sites excluding steroid dienone is 1. The Labute approximate surface area is 158 Å². The summed E-state index contributed by atoms with van der Waals surface area (Å²) in [5.74, 6) is 0.829. The van der Waals surface area contributed by atoms with E-state index in [0.717, 1.165) is 34.0 Å². The molecule has 0 atom stereocenters. The van der Waals surface area contributed by atoms with Crippen molar-refractivity contribution in [2.24, 2.45) is 0 Å². The minimum Gasteiger partial charge on any atom is -0.494 e. The molecule has 4 heteroatoms. The van der Waals surface area contributed by atoms with Crippen molar-refractivity contribution in [3.05, 3.63) is 70.0 Å². The zero-order valence-corrected chi connectivity index (χ0v) is 15.7. The summed E-state index contributed by atoms with van der Waals surface area (Å²) in [4.78, 5) is 4.65. The largest absolute Gasteiger partial charge is 0.494 e. The second-order valence-electron chi connectivity index (χ2n) is 5.76. The minimum atomic E-state index is 0.565. The van der Waals surface area contributed by atoms with Gasteiger partial charge in [0.1, 0.15) is 16.8 Å². The molecule has 3 rings (SSSR count). The molecule has 0 aliphatic heterocycles. The molecular weight excluding hydrogens is 340 g/mol. The third kappa shape index (κ3) is 4.19. The Bertz CT molecular complexity index is 932. The van der Waals surface area contributed by atoms with Crippen molar-refractivity contribution < 1.29 is 4.74 Å². The molecule has 130 valence electrons. The topological polar surface area (TPSA) is 45.9 Å². The first kappa shape index (κ1) is 17.9. The van der Waals surface area contributed by atoms with Gasteiger partial charge in [-0.2, -0.15) is 5.26 Å². The summed E-state index contributed by atoms with van der Waals surface area (Å²) in [7, 11) is 0. The van der Waals surface area contributed by atoms with E-state index >= 15 is 0 Å². The molecule has 0 spiro atoms. The van der Waals surface area contributed by atoms with Gasteiger partial charge in [0.2, 0.25) is 0 Å². The molecule has 0 radical (unpaired) electrons. The van der Waals surface area contributed by atoms with Crippen LogP contribution < -0.4 is 4.74 Å². The zero-order valence-electron chi connectivity index (χ0n) is 14.9. The van der Waals surface area contributed by atoms with E-state index < -0.39 is 0 Å². The van der Waals surface area contributed by atoms with Crippen molar-refractivity contribution >= 4 is 23.0 Å². The molecule has 0 unspecified atom stereocenters. The number of aromatic nitrogens is 1. The Morgan fingerprint density at radius 1 is 1.12 bits per heavy atom. The lowest BCUT2D eigenvalue weighted by Crippen LogP contribution is -1.90.